The average Bonchev–Trinajstić information content (AvgIpc) is 3.96. The van der Waals surface area contributed by atoms with Gasteiger partial charge in [0.15, 0.2) is 0 Å². The first-order valence-electron chi connectivity index (χ1n) is 20.5. The lowest BCUT2D eigenvalue weighted by Crippen LogP contribution is -2.64. The molecule has 0 bridgehead atoms. The summed E-state index contributed by atoms with van der Waals surface area (Å²) in [5.41, 5.74) is 1.20. The maximum Gasteiger partial charge on any atom is 0.329 e. The number of morpholine rings is 1. The predicted molar refractivity (Wildman–Crippen MR) is 214 cm³/mol. The van der Waals surface area contributed by atoms with Gasteiger partial charge in [0, 0.05) is 56.6 Å². The van der Waals surface area contributed by atoms with Crippen LogP contribution in [0.4, 0.5) is 19.3 Å². The zero-order valence-electron chi connectivity index (χ0n) is 34.3. The van der Waals surface area contributed by atoms with E-state index in [4.69, 9.17) is 9.47 Å². The molecule has 7 rings (SSSR count). The van der Waals surface area contributed by atoms with Gasteiger partial charge < -0.3 is 50.0 Å². The summed E-state index contributed by atoms with van der Waals surface area (Å²) in [6.07, 6.45) is 0.857. The van der Waals surface area contributed by atoms with E-state index in [2.05, 4.69) is 21.3 Å². The van der Waals surface area contributed by atoms with Crippen molar-refractivity contribution in [1.29, 1.82) is 0 Å². The fourth-order valence-electron chi connectivity index (χ4n) is 8.68. The highest BCUT2D eigenvalue weighted by molar-refractivity contribution is 5.99. The summed E-state index contributed by atoms with van der Waals surface area (Å²) in [7, 11) is 1.83. The van der Waals surface area contributed by atoms with Crippen LogP contribution in [0.2, 0.25) is 0 Å². The summed E-state index contributed by atoms with van der Waals surface area (Å²) in [5, 5.41) is 11.5. The number of benzene rings is 2. The first-order valence-corrected chi connectivity index (χ1v) is 20.5. The first-order chi connectivity index (χ1) is 29.1. The van der Waals surface area contributed by atoms with Gasteiger partial charge in [0.25, 0.3) is 0 Å². The number of anilines is 1. The van der Waals surface area contributed by atoms with Crippen molar-refractivity contribution in [2.75, 3.05) is 38.2 Å². The number of carbonyl (C=O) groups is 7. The molecule has 8 atom stereocenters. The minimum absolute atomic E-state index is 0.00983. The van der Waals surface area contributed by atoms with Crippen LogP contribution in [0.25, 0.3) is 10.9 Å². The van der Waals surface area contributed by atoms with Crippen LogP contribution < -0.4 is 21.3 Å². The van der Waals surface area contributed by atoms with Crippen molar-refractivity contribution >= 4 is 58.1 Å². The van der Waals surface area contributed by atoms with Gasteiger partial charge >= 0.3 is 12.0 Å². The molecule has 19 heteroatoms. The van der Waals surface area contributed by atoms with Crippen molar-refractivity contribution in [2.24, 2.45) is 13.0 Å². The van der Waals surface area contributed by atoms with E-state index in [9.17, 15) is 42.3 Å². The smallest absolute Gasteiger partial charge is 0.329 e. The predicted octanol–water partition coefficient (Wildman–Crippen LogP) is 1.58. The van der Waals surface area contributed by atoms with E-state index in [0.29, 0.717) is 18.2 Å². The number of fused-ring (bicyclic) bond motifs is 4. The fraction of sp³-hybridized carbons (Fsp3) is 0.500. The van der Waals surface area contributed by atoms with E-state index in [1.165, 1.54) is 28.5 Å². The lowest BCUT2D eigenvalue weighted by molar-refractivity contribution is -0.164. The number of carbonyl (C=O) groups excluding carboxylic acids is 7. The number of rotatable bonds is 6. The molecule has 0 saturated carbocycles. The van der Waals surface area contributed by atoms with Crippen LogP contribution in [0.5, 0.6) is 0 Å². The molecule has 0 aliphatic carbocycles. The molecule has 61 heavy (non-hydrogen) atoms. The molecular weight excluding hydrogens is 799 g/mol. The largest absolute Gasteiger partial charge is 0.458 e. The van der Waals surface area contributed by atoms with E-state index in [1.807, 2.05) is 30.8 Å². The summed E-state index contributed by atoms with van der Waals surface area (Å²) in [5.74, 6) is -6.33. The van der Waals surface area contributed by atoms with E-state index in [1.54, 1.807) is 18.2 Å². The maximum atomic E-state index is 14.7. The number of aryl methyl sites for hydroxylation is 1. The molecule has 0 unspecified atom stereocenters. The van der Waals surface area contributed by atoms with Crippen LogP contribution in [0, 0.1) is 17.6 Å². The third-order valence-corrected chi connectivity index (χ3v) is 11.8. The third-order valence-electron chi connectivity index (χ3n) is 11.8. The van der Waals surface area contributed by atoms with Crippen LogP contribution in [0.15, 0.2) is 48.7 Å². The Balaban J connectivity index is 1.21. The van der Waals surface area contributed by atoms with Gasteiger partial charge in [0.1, 0.15) is 54.0 Å². The van der Waals surface area contributed by atoms with Gasteiger partial charge in [0.05, 0.1) is 13.2 Å². The Kier molecular flexibility index (Phi) is 12.6. The second kappa shape index (κ2) is 17.9. The topological polar surface area (TPSA) is 201 Å². The number of halogens is 2. The lowest BCUT2D eigenvalue weighted by Gasteiger charge is -2.39. The lowest BCUT2D eigenvalue weighted by atomic mass is 10.0. The third kappa shape index (κ3) is 9.30. The quantitative estimate of drug-likeness (QED) is 0.266. The summed E-state index contributed by atoms with van der Waals surface area (Å²) in [4.78, 5) is 102. The van der Waals surface area contributed by atoms with Crippen molar-refractivity contribution in [3.8, 4) is 0 Å². The number of esters is 1. The minimum Gasteiger partial charge on any atom is -0.458 e. The van der Waals surface area contributed by atoms with Gasteiger partial charge in [-0.25, -0.2) is 18.4 Å². The summed E-state index contributed by atoms with van der Waals surface area (Å²) >= 11 is 0. The molecule has 4 aliphatic heterocycles. The van der Waals surface area contributed by atoms with E-state index in [0.717, 1.165) is 23.0 Å². The zero-order chi connectivity index (χ0) is 43.7. The number of ether oxygens (including phenoxy) is 2. The Labute approximate surface area is 350 Å². The van der Waals surface area contributed by atoms with Crippen LogP contribution in [0.3, 0.4) is 0 Å². The highest BCUT2D eigenvalue weighted by Gasteiger charge is 2.47. The van der Waals surface area contributed by atoms with Crippen LogP contribution in [0.1, 0.15) is 45.6 Å². The highest BCUT2D eigenvalue weighted by atomic mass is 19.1. The second-order valence-corrected chi connectivity index (χ2v) is 16.4. The van der Waals surface area contributed by atoms with Gasteiger partial charge in [-0.1, -0.05) is 13.0 Å². The standard InChI is InChI=1S/C42H50F2N8O9/c1-22-14-33-41(58)61-24(3)35(40(57)50-10-5-6-31(50)39(56)51-12-13-60-21-34(51)37(54)45-23(2)38(55)52(33)20-22)48-36(53)30(17-25-15-27(43)18-28(44)16-25)47-42(59)46-29-8-7-26-9-11-49(4)32(26)19-29/h7-9,11,15-16,18-19,22-24,30-31,33-35H,5-6,10,12-14,17,20-21H2,1-4H3,(H,45,54)(H,48,53)(H2,46,47,59)/t22-,23+,24+,30+,31+,33+,34+,35+/m1/s1. The number of nitrogens with zero attached hydrogens (tertiary/aromatic N) is 4. The number of nitrogens with one attached hydrogen (secondary N) is 4. The molecule has 7 amide bonds. The van der Waals surface area contributed by atoms with Crippen molar-refractivity contribution < 1.29 is 51.8 Å². The van der Waals surface area contributed by atoms with Crippen LogP contribution in [-0.4, -0.2) is 136 Å². The van der Waals surface area contributed by atoms with Gasteiger partial charge in [-0.05, 0) is 80.3 Å². The van der Waals surface area contributed by atoms with Gasteiger partial charge in [-0.2, -0.15) is 0 Å². The Morgan fingerprint density at radius 2 is 1.62 bits per heavy atom. The molecule has 4 aliphatic rings. The Morgan fingerprint density at radius 1 is 0.885 bits per heavy atom. The normalized spacial score (nSPS) is 26.9. The SMILES string of the molecule is C[C@@H]1C[C@H]2C(=O)O[C@@H](C)[C@H](NC(=O)[C@H](Cc3cc(F)cc(F)c3)NC(=O)Nc3ccc4ccn(C)c4c3)C(=O)N3CCC[C@H]3C(=O)N3CCOC[C@H]3C(=O)N[C@@H](C)C(=O)N2C1. The molecule has 4 saturated heterocycles. The summed E-state index contributed by atoms with van der Waals surface area (Å²) < 4.78 is 42.1. The van der Waals surface area contributed by atoms with Crippen molar-refractivity contribution in [3.05, 3.63) is 65.9 Å². The van der Waals surface area contributed by atoms with Gasteiger partial charge in [-0.15, -0.1) is 0 Å². The number of urea groups is 1. The number of hydrogen-bond donors (Lipinski definition) is 4. The molecule has 0 spiro atoms. The highest BCUT2D eigenvalue weighted by Crippen LogP contribution is 2.28. The van der Waals surface area contributed by atoms with Crippen molar-refractivity contribution in [3.63, 3.8) is 0 Å². The van der Waals surface area contributed by atoms with E-state index < -0.39 is 102 Å². The molecule has 2 aromatic carbocycles. The molecule has 5 heterocycles. The fourth-order valence-corrected chi connectivity index (χ4v) is 8.68. The van der Waals surface area contributed by atoms with E-state index >= 15 is 0 Å². The summed E-state index contributed by atoms with van der Waals surface area (Å²) in [6, 6.07) is 1.33. The number of aromatic nitrogens is 1. The number of hydrogen-bond acceptors (Lipinski definition) is 9. The van der Waals surface area contributed by atoms with Crippen LogP contribution in [-0.2, 0) is 51.7 Å². The van der Waals surface area contributed by atoms with Gasteiger partial charge in [0.2, 0.25) is 29.5 Å². The first kappa shape index (κ1) is 43.0. The minimum atomic E-state index is -1.65. The number of cyclic esters (lactones) is 1. The monoisotopic (exact) mass is 848 g/mol. The van der Waals surface area contributed by atoms with Gasteiger partial charge in [-0.3, -0.25) is 24.0 Å². The molecule has 326 valence electrons. The Bertz CT molecular complexity index is 2220. The average molecular weight is 849 g/mol. The Morgan fingerprint density at radius 3 is 2.38 bits per heavy atom. The Hall–Kier alpha value is -6.11. The molecule has 17 nitrogen and oxygen atoms in total. The second-order valence-electron chi connectivity index (χ2n) is 16.4. The molecule has 4 N–H and O–H groups in total. The van der Waals surface area contributed by atoms with Crippen molar-refractivity contribution in [1.82, 2.24) is 35.2 Å². The van der Waals surface area contributed by atoms with E-state index in [-0.39, 0.29) is 57.2 Å². The molecule has 4 fully saturated rings. The number of amides is 7. The zero-order valence-corrected chi connectivity index (χ0v) is 34.3. The van der Waals surface area contributed by atoms with Crippen molar-refractivity contribution in [2.45, 2.75) is 88.8 Å². The molecular formula is C42H50F2N8O9. The summed E-state index contributed by atoms with van der Waals surface area (Å²) in [6.45, 7) is 4.99. The molecule has 3 aromatic rings. The van der Waals surface area contributed by atoms with Crippen LogP contribution >= 0.6 is 0 Å². The maximum absolute atomic E-state index is 14.7. The molecule has 0 radical (unpaired) electrons. The molecule has 1 aromatic heterocycles.